The van der Waals surface area contributed by atoms with E-state index in [0.29, 0.717) is 39.3 Å². The number of hydrogen-bond donors (Lipinski definition) is 1. The molecule has 1 fully saturated rings. The Morgan fingerprint density at radius 3 is 2.36 bits per heavy atom. The molecule has 0 unspecified atom stereocenters. The molecule has 28 heavy (non-hydrogen) atoms. The van der Waals surface area contributed by atoms with E-state index in [1.54, 1.807) is 28.8 Å². The summed E-state index contributed by atoms with van der Waals surface area (Å²) in [5.41, 5.74) is 0.101. The van der Waals surface area contributed by atoms with Gasteiger partial charge >= 0.3 is 0 Å². The first-order valence-corrected chi connectivity index (χ1v) is 10.3. The average Bonchev–Trinajstić information content (AvgIpc) is 2.72. The maximum Gasteiger partial charge on any atom is 0.256 e. The Balaban J connectivity index is 1.35. The normalized spacial score (nSPS) is 14.7. The zero-order valence-corrected chi connectivity index (χ0v) is 16.5. The predicted octanol–water partition coefficient (Wildman–Crippen LogP) is 2.49. The Hall–Kier alpha value is -2.38. The number of nitrogens with one attached hydrogen (secondary N) is 1. The molecule has 5 nitrogen and oxygen atoms in total. The second-order valence-corrected chi connectivity index (χ2v) is 7.73. The van der Waals surface area contributed by atoms with Gasteiger partial charge in [0.05, 0.1) is 12.1 Å². The molecule has 2 amide bonds. The van der Waals surface area contributed by atoms with Gasteiger partial charge < -0.3 is 10.2 Å². The summed E-state index contributed by atoms with van der Waals surface area (Å²) in [6.45, 7) is 3.12. The first-order chi connectivity index (χ1) is 13.6. The lowest BCUT2D eigenvalue weighted by Crippen LogP contribution is -2.51. The predicted molar refractivity (Wildman–Crippen MR) is 109 cm³/mol. The summed E-state index contributed by atoms with van der Waals surface area (Å²) in [5, 5.41) is 2.94. The minimum atomic E-state index is -0.498. The highest BCUT2D eigenvalue weighted by atomic mass is 32.2. The van der Waals surface area contributed by atoms with Gasteiger partial charge in [-0.3, -0.25) is 14.5 Å². The summed E-state index contributed by atoms with van der Waals surface area (Å²) in [6.07, 6.45) is 0. The van der Waals surface area contributed by atoms with Crippen molar-refractivity contribution in [1.29, 1.82) is 0 Å². The van der Waals surface area contributed by atoms with E-state index in [9.17, 15) is 14.0 Å². The molecule has 0 radical (unpaired) electrons. The molecular weight excluding hydrogens is 377 g/mol. The van der Waals surface area contributed by atoms with Crippen molar-refractivity contribution in [3.05, 3.63) is 66.0 Å². The standard InChI is InChI=1S/C21H24FN3O2S/c22-19-9-5-4-8-18(19)21(27)25-13-11-24(12-14-25)16-20(26)23-10-15-28-17-6-2-1-3-7-17/h1-9H,10-16H2,(H,23,26). The highest BCUT2D eigenvalue weighted by molar-refractivity contribution is 7.99. The monoisotopic (exact) mass is 401 g/mol. The van der Waals surface area contributed by atoms with E-state index in [0.717, 1.165) is 5.75 Å². The van der Waals surface area contributed by atoms with Gasteiger partial charge in [0.2, 0.25) is 5.91 Å². The topological polar surface area (TPSA) is 52.7 Å². The Bertz CT molecular complexity index is 795. The summed E-state index contributed by atoms with van der Waals surface area (Å²) in [6, 6.07) is 16.1. The molecule has 0 aliphatic carbocycles. The summed E-state index contributed by atoms with van der Waals surface area (Å²) >= 11 is 1.71. The summed E-state index contributed by atoms with van der Waals surface area (Å²) < 4.78 is 13.8. The van der Waals surface area contributed by atoms with Crippen molar-refractivity contribution in [2.24, 2.45) is 0 Å². The maximum atomic E-state index is 13.8. The highest BCUT2D eigenvalue weighted by Gasteiger charge is 2.24. The van der Waals surface area contributed by atoms with Crippen LogP contribution in [0.5, 0.6) is 0 Å². The molecule has 1 N–H and O–H groups in total. The number of hydrogen-bond acceptors (Lipinski definition) is 4. The fraction of sp³-hybridized carbons (Fsp3) is 0.333. The molecule has 1 saturated heterocycles. The first kappa shape index (κ1) is 20.4. The van der Waals surface area contributed by atoms with E-state index in [-0.39, 0.29) is 17.4 Å². The molecule has 0 saturated carbocycles. The maximum absolute atomic E-state index is 13.8. The zero-order chi connectivity index (χ0) is 19.8. The van der Waals surface area contributed by atoms with Crippen molar-refractivity contribution in [3.8, 4) is 0 Å². The molecule has 1 aliphatic rings. The number of benzene rings is 2. The van der Waals surface area contributed by atoms with Crippen LogP contribution in [0.2, 0.25) is 0 Å². The molecule has 0 bridgehead atoms. The summed E-state index contributed by atoms with van der Waals surface area (Å²) in [7, 11) is 0. The number of halogens is 1. The lowest BCUT2D eigenvalue weighted by molar-refractivity contribution is -0.122. The number of thioether (sulfide) groups is 1. The molecule has 3 rings (SSSR count). The van der Waals surface area contributed by atoms with Gasteiger partial charge in [-0.25, -0.2) is 4.39 Å². The second kappa shape index (κ2) is 10.2. The molecule has 1 aliphatic heterocycles. The van der Waals surface area contributed by atoms with Crippen LogP contribution in [-0.4, -0.2) is 66.6 Å². The molecule has 2 aromatic carbocycles. The van der Waals surface area contributed by atoms with Crippen LogP contribution in [0.4, 0.5) is 4.39 Å². The van der Waals surface area contributed by atoms with Gasteiger partial charge in [0, 0.05) is 43.4 Å². The molecule has 7 heteroatoms. The third-order valence-electron chi connectivity index (χ3n) is 4.57. The molecular formula is C21H24FN3O2S. The quantitative estimate of drug-likeness (QED) is 0.572. The van der Waals surface area contributed by atoms with Crippen LogP contribution < -0.4 is 5.32 Å². The number of nitrogens with zero attached hydrogens (tertiary/aromatic N) is 2. The summed E-state index contributed by atoms with van der Waals surface area (Å²) in [4.78, 5) is 29.4. The van der Waals surface area contributed by atoms with Gasteiger partial charge in [0.1, 0.15) is 5.82 Å². The Kier molecular flexibility index (Phi) is 7.45. The Morgan fingerprint density at radius 1 is 0.964 bits per heavy atom. The van der Waals surface area contributed by atoms with Crippen LogP contribution in [0.3, 0.4) is 0 Å². The van der Waals surface area contributed by atoms with E-state index in [1.165, 1.54) is 17.0 Å². The first-order valence-electron chi connectivity index (χ1n) is 9.34. The van der Waals surface area contributed by atoms with Crippen molar-refractivity contribution in [1.82, 2.24) is 15.1 Å². The third-order valence-corrected chi connectivity index (χ3v) is 5.58. The second-order valence-electron chi connectivity index (χ2n) is 6.56. The van der Waals surface area contributed by atoms with E-state index in [4.69, 9.17) is 0 Å². The van der Waals surface area contributed by atoms with Crippen molar-refractivity contribution in [2.75, 3.05) is 45.0 Å². The fourth-order valence-electron chi connectivity index (χ4n) is 3.05. The number of piperazine rings is 1. The van der Waals surface area contributed by atoms with Gasteiger partial charge in [0.15, 0.2) is 0 Å². The van der Waals surface area contributed by atoms with Crippen LogP contribution in [-0.2, 0) is 4.79 Å². The Morgan fingerprint density at radius 2 is 1.64 bits per heavy atom. The van der Waals surface area contributed by atoms with Gasteiger partial charge in [-0.2, -0.15) is 0 Å². The van der Waals surface area contributed by atoms with Gasteiger partial charge in [-0.1, -0.05) is 30.3 Å². The summed E-state index contributed by atoms with van der Waals surface area (Å²) in [5.74, 6) is 0.0195. The fourth-order valence-corrected chi connectivity index (χ4v) is 3.84. The van der Waals surface area contributed by atoms with Crippen LogP contribution in [0, 0.1) is 5.82 Å². The van der Waals surface area contributed by atoms with Gasteiger partial charge in [-0.05, 0) is 24.3 Å². The van der Waals surface area contributed by atoms with E-state index < -0.39 is 5.82 Å². The SMILES string of the molecule is O=C(CN1CCN(C(=O)c2ccccc2F)CC1)NCCSc1ccccc1. The lowest BCUT2D eigenvalue weighted by atomic mass is 10.1. The molecule has 148 valence electrons. The Labute approximate surface area is 168 Å². The number of carbonyl (C=O) groups is 2. The van der Waals surface area contributed by atoms with Crippen molar-refractivity contribution in [2.45, 2.75) is 4.90 Å². The molecule has 0 atom stereocenters. The van der Waals surface area contributed by atoms with Crippen molar-refractivity contribution in [3.63, 3.8) is 0 Å². The van der Waals surface area contributed by atoms with Gasteiger partial charge in [0.25, 0.3) is 5.91 Å². The highest BCUT2D eigenvalue weighted by Crippen LogP contribution is 2.16. The minimum Gasteiger partial charge on any atom is -0.354 e. The molecule has 2 aromatic rings. The van der Waals surface area contributed by atoms with E-state index in [1.807, 2.05) is 23.1 Å². The lowest BCUT2D eigenvalue weighted by Gasteiger charge is -2.34. The molecule has 0 aromatic heterocycles. The zero-order valence-electron chi connectivity index (χ0n) is 15.6. The molecule has 1 heterocycles. The van der Waals surface area contributed by atoms with Crippen molar-refractivity contribution < 1.29 is 14.0 Å². The van der Waals surface area contributed by atoms with Gasteiger partial charge in [-0.15, -0.1) is 11.8 Å². The minimum absolute atomic E-state index is 0.0115. The van der Waals surface area contributed by atoms with E-state index in [2.05, 4.69) is 17.4 Å². The van der Waals surface area contributed by atoms with Crippen LogP contribution in [0.15, 0.2) is 59.5 Å². The number of rotatable bonds is 7. The van der Waals surface area contributed by atoms with E-state index >= 15 is 0 Å². The number of amides is 2. The smallest absolute Gasteiger partial charge is 0.256 e. The average molecular weight is 402 g/mol. The largest absolute Gasteiger partial charge is 0.354 e. The molecule has 0 spiro atoms. The van der Waals surface area contributed by atoms with Crippen LogP contribution >= 0.6 is 11.8 Å². The van der Waals surface area contributed by atoms with Crippen LogP contribution in [0.25, 0.3) is 0 Å². The van der Waals surface area contributed by atoms with Crippen molar-refractivity contribution >= 4 is 23.6 Å². The third kappa shape index (κ3) is 5.81. The van der Waals surface area contributed by atoms with Crippen LogP contribution in [0.1, 0.15) is 10.4 Å². The number of carbonyl (C=O) groups excluding carboxylic acids is 2.